The van der Waals surface area contributed by atoms with E-state index in [2.05, 4.69) is 20.3 Å². The summed E-state index contributed by atoms with van der Waals surface area (Å²) >= 11 is 0. The number of anilines is 3. The Kier molecular flexibility index (Phi) is 3.34. The van der Waals surface area contributed by atoms with Crippen LogP contribution in [0.2, 0.25) is 0 Å². The third kappa shape index (κ3) is 2.89. The first-order chi connectivity index (χ1) is 10.2. The van der Waals surface area contributed by atoms with Crippen molar-refractivity contribution in [2.45, 2.75) is 0 Å². The Morgan fingerprint density at radius 1 is 0.857 bits per heavy atom. The van der Waals surface area contributed by atoms with E-state index >= 15 is 0 Å². The number of rotatable bonds is 3. The summed E-state index contributed by atoms with van der Waals surface area (Å²) in [7, 11) is 0. The average Bonchev–Trinajstić information content (AvgIpc) is 2.50. The van der Waals surface area contributed by atoms with Crippen LogP contribution in [0.25, 0.3) is 11.4 Å². The van der Waals surface area contributed by atoms with Gasteiger partial charge >= 0.3 is 0 Å². The van der Waals surface area contributed by atoms with Gasteiger partial charge in [0.2, 0.25) is 11.9 Å². The molecule has 0 atom stereocenters. The van der Waals surface area contributed by atoms with E-state index in [0.717, 1.165) is 5.56 Å². The number of nitrogens with one attached hydrogen (secondary N) is 1. The summed E-state index contributed by atoms with van der Waals surface area (Å²) in [6, 6.07) is 16.3. The molecule has 21 heavy (non-hydrogen) atoms. The van der Waals surface area contributed by atoms with Crippen LogP contribution in [0.1, 0.15) is 0 Å². The molecule has 0 aliphatic carbocycles. The molecule has 0 aliphatic rings. The van der Waals surface area contributed by atoms with Crippen LogP contribution in [0.15, 0.2) is 54.6 Å². The van der Waals surface area contributed by atoms with Gasteiger partial charge < -0.3 is 16.2 Å². The van der Waals surface area contributed by atoms with Gasteiger partial charge in [0.25, 0.3) is 0 Å². The Morgan fingerprint density at radius 3 is 2.33 bits per heavy atom. The Hall–Kier alpha value is -3.15. The second kappa shape index (κ2) is 5.46. The van der Waals surface area contributed by atoms with E-state index in [1.165, 1.54) is 0 Å². The lowest BCUT2D eigenvalue weighted by Crippen LogP contribution is -2.05. The molecule has 3 rings (SSSR count). The van der Waals surface area contributed by atoms with Gasteiger partial charge in [-0.05, 0) is 12.1 Å². The fourth-order valence-electron chi connectivity index (χ4n) is 1.86. The molecule has 2 aromatic carbocycles. The molecule has 0 aliphatic heterocycles. The second-order valence-electron chi connectivity index (χ2n) is 4.35. The number of phenolic OH excluding ortho intramolecular Hbond substituents is 1. The number of phenols is 1. The van der Waals surface area contributed by atoms with Gasteiger partial charge in [-0.2, -0.15) is 15.0 Å². The number of nitrogens with zero attached hydrogens (tertiary/aromatic N) is 3. The standard InChI is InChI=1S/C15H13N5O/c16-14-18-13(10-6-2-1-3-7-10)19-15(20-14)17-11-8-4-5-9-12(11)21/h1-9,21H,(H3,16,17,18,19,20). The first kappa shape index (κ1) is 12.9. The molecule has 0 spiro atoms. The Bertz CT molecular complexity index is 761. The largest absolute Gasteiger partial charge is 0.506 e. The maximum Gasteiger partial charge on any atom is 0.232 e. The van der Waals surface area contributed by atoms with Crippen molar-refractivity contribution in [3.05, 3.63) is 54.6 Å². The van der Waals surface area contributed by atoms with Gasteiger partial charge in [0, 0.05) is 5.56 Å². The highest BCUT2D eigenvalue weighted by molar-refractivity contribution is 5.64. The van der Waals surface area contributed by atoms with Crippen LogP contribution in [0.4, 0.5) is 17.6 Å². The van der Waals surface area contributed by atoms with Crippen LogP contribution < -0.4 is 11.1 Å². The van der Waals surface area contributed by atoms with E-state index in [-0.39, 0.29) is 17.6 Å². The molecule has 0 saturated heterocycles. The predicted molar refractivity (Wildman–Crippen MR) is 81.1 cm³/mol. The third-order valence-electron chi connectivity index (χ3n) is 2.84. The minimum Gasteiger partial charge on any atom is -0.506 e. The zero-order valence-corrected chi connectivity index (χ0v) is 11.1. The number of nitrogens with two attached hydrogens (primary N) is 1. The molecule has 6 nitrogen and oxygen atoms in total. The lowest BCUT2D eigenvalue weighted by Gasteiger charge is -2.08. The topological polar surface area (TPSA) is 97.0 Å². The normalized spacial score (nSPS) is 10.3. The molecular formula is C15H13N5O. The number of aromatic nitrogens is 3. The monoisotopic (exact) mass is 279 g/mol. The quantitative estimate of drug-likeness (QED) is 0.637. The van der Waals surface area contributed by atoms with Gasteiger partial charge in [-0.25, -0.2) is 0 Å². The summed E-state index contributed by atoms with van der Waals surface area (Å²) in [4.78, 5) is 12.5. The number of hydrogen-bond donors (Lipinski definition) is 3. The number of para-hydroxylation sites is 2. The van der Waals surface area contributed by atoms with E-state index in [0.29, 0.717) is 11.5 Å². The molecule has 0 radical (unpaired) electrons. The molecule has 3 aromatic rings. The molecule has 0 saturated carbocycles. The highest BCUT2D eigenvalue weighted by atomic mass is 16.3. The Labute approximate surface area is 121 Å². The van der Waals surface area contributed by atoms with E-state index < -0.39 is 0 Å². The minimum absolute atomic E-state index is 0.109. The van der Waals surface area contributed by atoms with Crippen molar-refractivity contribution >= 4 is 17.6 Å². The fraction of sp³-hybridized carbons (Fsp3) is 0. The van der Waals surface area contributed by atoms with Gasteiger partial charge in [0.1, 0.15) is 5.75 Å². The van der Waals surface area contributed by atoms with Crippen molar-refractivity contribution in [2.24, 2.45) is 0 Å². The van der Waals surface area contributed by atoms with Gasteiger partial charge in [0.15, 0.2) is 5.82 Å². The summed E-state index contributed by atoms with van der Waals surface area (Å²) < 4.78 is 0. The Morgan fingerprint density at radius 2 is 1.57 bits per heavy atom. The maximum atomic E-state index is 9.76. The third-order valence-corrected chi connectivity index (χ3v) is 2.84. The molecule has 104 valence electrons. The summed E-state index contributed by atoms with van der Waals surface area (Å²) in [5.41, 5.74) is 7.07. The van der Waals surface area contributed by atoms with E-state index in [9.17, 15) is 5.11 Å². The number of nitrogen functional groups attached to an aromatic ring is 1. The summed E-state index contributed by atoms with van der Waals surface area (Å²) in [6.45, 7) is 0. The van der Waals surface area contributed by atoms with Crippen LogP contribution in [0, 0.1) is 0 Å². The zero-order valence-electron chi connectivity index (χ0n) is 11.1. The molecule has 0 fully saturated rings. The first-order valence-electron chi connectivity index (χ1n) is 6.34. The van der Waals surface area contributed by atoms with Crippen LogP contribution in [0.5, 0.6) is 5.75 Å². The van der Waals surface area contributed by atoms with Crippen molar-refractivity contribution in [2.75, 3.05) is 11.1 Å². The van der Waals surface area contributed by atoms with Crippen molar-refractivity contribution in [3.8, 4) is 17.1 Å². The lowest BCUT2D eigenvalue weighted by atomic mass is 10.2. The molecule has 0 amide bonds. The van der Waals surface area contributed by atoms with Crippen LogP contribution in [-0.4, -0.2) is 20.1 Å². The number of aromatic hydroxyl groups is 1. The summed E-state index contributed by atoms with van der Waals surface area (Å²) in [5.74, 6) is 0.975. The van der Waals surface area contributed by atoms with Gasteiger partial charge in [-0.1, -0.05) is 42.5 Å². The molecule has 0 unspecified atom stereocenters. The predicted octanol–water partition coefficient (Wildman–Crippen LogP) is 2.57. The maximum absolute atomic E-state index is 9.76. The van der Waals surface area contributed by atoms with Crippen molar-refractivity contribution < 1.29 is 5.11 Å². The van der Waals surface area contributed by atoms with Gasteiger partial charge in [-0.3, -0.25) is 0 Å². The summed E-state index contributed by atoms with van der Waals surface area (Å²) in [5, 5.41) is 12.7. The lowest BCUT2D eigenvalue weighted by molar-refractivity contribution is 0.477. The highest BCUT2D eigenvalue weighted by Crippen LogP contribution is 2.25. The molecule has 6 heteroatoms. The average molecular weight is 279 g/mol. The molecular weight excluding hydrogens is 266 g/mol. The van der Waals surface area contributed by atoms with E-state index in [1.807, 2.05) is 30.3 Å². The SMILES string of the molecule is Nc1nc(Nc2ccccc2O)nc(-c2ccccc2)n1. The highest BCUT2D eigenvalue weighted by Gasteiger charge is 2.08. The molecule has 4 N–H and O–H groups in total. The van der Waals surface area contributed by atoms with Gasteiger partial charge in [0.05, 0.1) is 5.69 Å². The number of hydrogen-bond acceptors (Lipinski definition) is 6. The van der Waals surface area contributed by atoms with Crippen molar-refractivity contribution in [3.63, 3.8) is 0 Å². The smallest absolute Gasteiger partial charge is 0.232 e. The van der Waals surface area contributed by atoms with Crippen molar-refractivity contribution in [1.82, 2.24) is 15.0 Å². The van der Waals surface area contributed by atoms with E-state index in [4.69, 9.17) is 5.73 Å². The Balaban J connectivity index is 1.97. The van der Waals surface area contributed by atoms with Crippen LogP contribution in [0.3, 0.4) is 0 Å². The van der Waals surface area contributed by atoms with E-state index in [1.54, 1.807) is 24.3 Å². The second-order valence-corrected chi connectivity index (χ2v) is 4.35. The fourth-order valence-corrected chi connectivity index (χ4v) is 1.86. The van der Waals surface area contributed by atoms with Gasteiger partial charge in [-0.15, -0.1) is 0 Å². The van der Waals surface area contributed by atoms with Crippen LogP contribution in [-0.2, 0) is 0 Å². The summed E-state index contributed by atoms with van der Waals surface area (Å²) in [6.07, 6.45) is 0. The number of benzene rings is 2. The zero-order chi connectivity index (χ0) is 14.7. The molecule has 1 aromatic heterocycles. The van der Waals surface area contributed by atoms with Crippen molar-refractivity contribution in [1.29, 1.82) is 0 Å². The first-order valence-corrected chi connectivity index (χ1v) is 6.34. The minimum atomic E-state index is 0.109. The molecule has 1 heterocycles. The van der Waals surface area contributed by atoms with Crippen LogP contribution >= 0.6 is 0 Å². The molecule has 0 bridgehead atoms.